The summed E-state index contributed by atoms with van der Waals surface area (Å²) in [5.41, 5.74) is 0.114. The average Bonchev–Trinajstić information content (AvgIpc) is 3.02. The van der Waals surface area contributed by atoms with Crippen LogP contribution in [-0.2, 0) is 0 Å². The van der Waals surface area contributed by atoms with E-state index in [-0.39, 0.29) is 24.1 Å². The minimum Gasteiger partial charge on any atom is -0.396 e. The lowest BCUT2D eigenvalue weighted by Gasteiger charge is -2.30. The molecule has 1 aromatic rings. The van der Waals surface area contributed by atoms with Crippen LogP contribution < -0.4 is 5.32 Å². The molecular weight excluding hydrogens is 264 g/mol. The molecule has 0 saturated heterocycles. The normalized spacial score (nSPS) is 31.6. The highest BCUT2D eigenvalue weighted by Crippen LogP contribution is 2.48. The van der Waals surface area contributed by atoms with Crippen LogP contribution >= 0.6 is 0 Å². The molecule has 1 amide bonds. The summed E-state index contributed by atoms with van der Waals surface area (Å²) in [6.45, 7) is 0.0594. The Hall–Kier alpha value is -1.49. The van der Waals surface area contributed by atoms with Gasteiger partial charge in [0.15, 0.2) is 11.6 Å². The molecule has 4 atom stereocenters. The second-order valence-electron chi connectivity index (χ2n) is 5.81. The molecule has 2 aliphatic rings. The molecule has 2 bridgehead atoms. The summed E-state index contributed by atoms with van der Waals surface area (Å²) in [5, 5.41) is 12.3. The number of halogens is 2. The van der Waals surface area contributed by atoms with E-state index >= 15 is 0 Å². The van der Waals surface area contributed by atoms with Crippen molar-refractivity contribution in [3.8, 4) is 0 Å². The number of nitrogens with one attached hydrogen (secondary N) is 1. The predicted molar refractivity (Wildman–Crippen MR) is 69.0 cm³/mol. The summed E-state index contributed by atoms with van der Waals surface area (Å²) in [6.07, 6.45) is 3.20. The molecule has 3 nitrogen and oxygen atoms in total. The molecule has 20 heavy (non-hydrogen) atoms. The number of benzene rings is 1. The van der Waals surface area contributed by atoms with Crippen LogP contribution in [0.4, 0.5) is 8.78 Å². The number of aliphatic hydroxyl groups excluding tert-OH is 1. The topological polar surface area (TPSA) is 49.3 Å². The Labute approximate surface area is 116 Å². The van der Waals surface area contributed by atoms with Crippen LogP contribution in [0.15, 0.2) is 18.2 Å². The molecule has 3 rings (SSSR count). The zero-order valence-electron chi connectivity index (χ0n) is 11.0. The molecule has 108 valence electrons. The van der Waals surface area contributed by atoms with Crippen molar-refractivity contribution in [2.45, 2.75) is 25.3 Å². The van der Waals surface area contributed by atoms with E-state index < -0.39 is 17.5 Å². The van der Waals surface area contributed by atoms with Gasteiger partial charge in [0.05, 0.1) is 0 Å². The Bertz CT molecular complexity index is 535. The molecule has 4 unspecified atom stereocenters. The van der Waals surface area contributed by atoms with Gasteiger partial charge in [0.1, 0.15) is 0 Å². The van der Waals surface area contributed by atoms with E-state index in [9.17, 15) is 18.7 Å². The number of hydrogen-bond acceptors (Lipinski definition) is 2. The zero-order valence-corrected chi connectivity index (χ0v) is 11.0. The molecule has 0 spiro atoms. The zero-order chi connectivity index (χ0) is 14.3. The highest BCUT2D eigenvalue weighted by atomic mass is 19.2. The summed E-state index contributed by atoms with van der Waals surface area (Å²) in [7, 11) is 0. The first-order valence-corrected chi connectivity index (χ1v) is 6.97. The van der Waals surface area contributed by atoms with E-state index in [4.69, 9.17) is 0 Å². The SMILES string of the molecule is O=C(NC1C2CCC(C2)C1CO)c1ccc(F)c(F)c1. The monoisotopic (exact) mass is 281 g/mol. The van der Waals surface area contributed by atoms with Gasteiger partial charge < -0.3 is 10.4 Å². The lowest BCUT2D eigenvalue weighted by atomic mass is 9.85. The number of amides is 1. The Balaban J connectivity index is 1.74. The third kappa shape index (κ3) is 2.20. The van der Waals surface area contributed by atoms with Gasteiger partial charge in [-0.15, -0.1) is 0 Å². The number of hydrogen-bond donors (Lipinski definition) is 2. The van der Waals surface area contributed by atoms with Gasteiger partial charge >= 0.3 is 0 Å². The van der Waals surface area contributed by atoms with Crippen LogP contribution in [0.5, 0.6) is 0 Å². The molecule has 0 heterocycles. The first-order chi connectivity index (χ1) is 9.60. The molecule has 2 saturated carbocycles. The maximum atomic E-state index is 13.2. The van der Waals surface area contributed by atoms with Gasteiger partial charge in [-0.3, -0.25) is 4.79 Å². The van der Waals surface area contributed by atoms with E-state index in [2.05, 4.69) is 5.32 Å². The number of rotatable bonds is 3. The number of carbonyl (C=O) groups is 1. The fourth-order valence-electron chi connectivity index (χ4n) is 3.77. The summed E-state index contributed by atoms with van der Waals surface area (Å²) in [4.78, 5) is 12.1. The summed E-state index contributed by atoms with van der Waals surface area (Å²) in [6, 6.07) is 3.08. The summed E-state index contributed by atoms with van der Waals surface area (Å²) < 4.78 is 26.0. The molecule has 2 fully saturated rings. The van der Waals surface area contributed by atoms with Crippen LogP contribution in [0.3, 0.4) is 0 Å². The van der Waals surface area contributed by atoms with Crippen LogP contribution in [0.25, 0.3) is 0 Å². The third-order valence-electron chi connectivity index (χ3n) is 4.78. The molecule has 0 aromatic heterocycles. The van der Waals surface area contributed by atoms with Gasteiger partial charge in [0, 0.05) is 24.1 Å². The molecule has 2 N–H and O–H groups in total. The highest BCUT2D eigenvalue weighted by Gasteiger charge is 2.47. The summed E-state index contributed by atoms with van der Waals surface area (Å²) in [5.74, 6) is -1.44. The number of fused-ring (bicyclic) bond motifs is 2. The van der Waals surface area contributed by atoms with Gasteiger partial charge in [0.25, 0.3) is 5.91 Å². The third-order valence-corrected chi connectivity index (χ3v) is 4.78. The highest BCUT2D eigenvalue weighted by molar-refractivity contribution is 5.94. The van der Waals surface area contributed by atoms with Gasteiger partial charge in [-0.1, -0.05) is 0 Å². The van der Waals surface area contributed by atoms with Crippen molar-refractivity contribution in [3.63, 3.8) is 0 Å². The molecule has 5 heteroatoms. The molecule has 1 aromatic carbocycles. The van der Waals surface area contributed by atoms with Gasteiger partial charge in [0.2, 0.25) is 0 Å². The number of carbonyl (C=O) groups excluding carboxylic acids is 1. The van der Waals surface area contributed by atoms with Crippen molar-refractivity contribution in [2.75, 3.05) is 6.61 Å². The van der Waals surface area contributed by atoms with Gasteiger partial charge in [-0.2, -0.15) is 0 Å². The van der Waals surface area contributed by atoms with E-state index in [0.717, 1.165) is 31.4 Å². The Morgan fingerprint density at radius 1 is 1.25 bits per heavy atom. The van der Waals surface area contributed by atoms with E-state index in [1.165, 1.54) is 6.07 Å². The second kappa shape index (κ2) is 5.13. The fourth-order valence-corrected chi connectivity index (χ4v) is 3.77. The number of aliphatic hydroxyl groups is 1. The van der Waals surface area contributed by atoms with Crippen LogP contribution in [0.2, 0.25) is 0 Å². The van der Waals surface area contributed by atoms with Crippen LogP contribution in [0.1, 0.15) is 29.6 Å². The largest absolute Gasteiger partial charge is 0.396 e. The minimum absolute atomic E-state index is 0.0561. The fraction of sp³-hybridized carbons (Fsp3) is 0.533. The van der Waals surface area contributed by atoms with Crippen LogP contribution in [0, 0.1) is 29.4 Å². The van der Waals surface area contributed by atoms with Gasteiger partial charge in [-0.05, 0) is 49.3 Å². The van der Waals surface area contributed by atoms with Crippen molar-refractivity contribution in [1.82, 2.24) is 5.32 Å². The molecule has 2 aliphatic carbocycles. The smallest absolute Gasteiger partial charge is 0.251 e. The van der Waals surface area contributed by atoms with E-state index in [1.54, 1.807) is 0 Å². The Morgan fingerprint density at radius 3 is 2.70 bits per heavy atom. The second-order valence-corrected chi connectivity index (χ2v) is 5.81. The standard InChI is InChI=1S/C15H17F2NO2/c16-12-4-3-10(6-13(12)17)15(20)18-14-9-2-1-8(5-9)11(14)7-19/h3-4,6,8-9,11,14,19H,1-2,5,7H2,(H,18,20). The lowest BCUT2D eigenvalue weighted by molar-refractivity contribution is 0.0861. The minimum atomic E-state index is -1.02. The maximum Gasteiger partial charge on any atom is 0.251 e. The Kier molecular flexibility index (Phi) is 3.46. The van der Waals surface area contributed by atoms with Crippen molar-refractivity contribution in [3.05, 3.63) is 35.4 Å². The Morgan fingerprint density at radius 2 is 2.00 bits per heavy atom. The van der Waals surface area contributed by atoms with Crippen molar-refractivity contribution >= 4 is 5.91 Å². The first-order valence-electron chi connectivity index (χ1n) is 6.97. The lowest BCUT2D eigenvalue weighted by Crippen LogP contribution is -2.45. The summed E-state index contributed by atoms with van der Waals surface area (Å²) >= 11 is 0. The first kappa shape index (κ1) is 13.5. The van der Waals surface area contributed by atoms with Gasteiger partial charge in [-0.25, -0.2) is 8.78 Å². The van der Waals surface area contributed by atoms with Crippen molar-refractivity contribution in [2.24, 2.45) is 17.8 Å². The van der Waals surface area contributed by atoms with E-state index in [0.29, 0.717) is 11.8 Å². The molecule has 0 radical (unpaired) electrons. The maximum absolute atomic E-state index is 13.2. The predicted octanol–water partition coefficient (Wildman–Crippen LogP) is 2.10. The molecule has 0 aliphatic heterocycles. The van der Waals surface area contributed by atoms with E-state index in [1.807, 2.05) is 0 Å². The average molecular weight is 281 g/mol. The van der Waals surface area contributed by atoms with Crippen molar-refractivity contribution in [1.29, 1.82) is 0 Å². The van der Waals surface area contributed by atoms with Crippen LogP contribution in [-0.4, -0.2) is 23.7 Å². The van der Waals surface area contributed by atoms with Crippen molar-refractivity contribution < 1.29 is 18.7 Å². The molecular formula is C15H17F2NO2. The quantitative estimate of drug-likeness (QED) is 0.891.